The van der Waals surface area contributed by atoms with Crippen LogP contribution >= 0.6 is 0 Å². The van der Waals surface area contributed by atoms with E-state index in [0.29, 0.717) is 10.6 Å². The lowest BCUT2D eigenvalue weighted by Crippen LogP contribution is -2.25. The SMILES string of the molecule is COC(=O)c1ccc(-n2c(N)c3c(cc2=O)C(=O)NC3=O)cc1C(F)(F)F. The average molecular weight is 381 g/mol. The number of alkyl halides is 3. The number of carbonyl (C=O) groups is 3. The number of ether oxygens (including phenoxy) is 1. The van der Waals surface area contributed by atoms with Crippen LogP contribution in [0.5, 0.6) is 0 Å². The summed E-state index contributed by atoms with van der Waals surface area (Å²) in [7, 11) is 0.926. The van der Waals surface area contributed by atoms with E-state index in [0.717, 1.165) is 25.3 Å². The van der Waals surface area contributed by atoms with Crippen molar-refractivity contribution in [3.05, 3.63) is 56.9 Å². The fourth-order valence-corrected chi connectivity index (χ4v) is 2.74. The first-order valence-corrected chi connectivity index (χ1v) is 7.27. The molecule has 2 aromatic rings. The first-order valence-electron chi connectivity index (χ1n) is 7.27. The maximum Gasteiger partial charge on any atom is 0.417 e. The highest BCUT2D eigenvalue weighted by atomic mass is 19.4. The number of nitrogens with zero attached hydrogens (tertiary/aromatic N) is 1. The quantitative estimate of drug-likeness (QED) is 0.594. The zero-order chi connectivity index (χ0) is 20.1. The Labute approximate surface area is 148 Å². The van der Waals surface area contributed by atoms with Gasteiger partial charge in [0, 0.05) is 6.07 Å². The summed E-state index contributed by atoms with van der Waals surface area (Å²) in [6.07, 6.45) is -4.93. The first kappa shape index (κ1) is 18.2. The first-order chi connectivity index (χ1) is 12.6. The molecule has 27 heavy (non-hydrogen) atoms. The van der Waals surface area contributed by atoms with Gasteiger partial charge in [0.05, 0.1) is 35.1 Å². The van der Waals surface area contributed by atoms with E-state index in [1.54, 1.807) is 0 Å². The third-order valence-electron chi connectivity index (χ3n) is 3.93. The summed E-state index contributed by atoms with van der Waals surface area (Å²) in [4.78, 5) is 47.4. The second-order valence-electron chi connectivity index (χ2n) is 5.49. The van der Waals surface area contributed by atoms with Crippen LogP contribution in [0.2, 0.25) is 0 Å². The van der Waals surface area contributed by atoms with Crippen molar-refractivity contribution in [1.82, 2.24) is 9.88 Å². The average Bonchev–Trinajstić information content (AvgIpc) is 2.87. The monoisotopic (exact) mass is 381 g/mol. The molecule has 3 rings (SSSR count). The maximum absolute atomic E-state index is 13.3. The second kappa shape index (κ2) is 5.97. The van der Waals surface area contributed by atoms with Crippen LogP contribution < -0.4 is 16.6 Å². The predicted molar refractivity (Wildman–Crippen MR) is 84.6 cm³/mol. The third kappa shape index (κ3) is 2.82. The molecule has 3 N–H and O–H groups in total. The van der Waals surface area contributed by atoms with Gasteiger partial charge in [-0.2, -0.15) is 13.2 Å². The molecule has 0 bridgehead atoms. The molecule has 1 aliphatic rings. The number of benzene rings is 1. The Morgan fingerprint density at radius 2 is 1.81 bits per heavy atom. The summed E-state index contributed by atoms with van der Waals surface area (Å²) in [5.41, 5.74) is 1.84. The van der Waals surface area contributed by atoms with Crippen LogP contribution in [-0.4, -0.2) is 29.5 Å². The summed E-state index contributed by atoms with van der Waals surface area (Å²) < 4.78 is 45.0. The number of esters is 1. The molecule has 2 amide bonds. The lowest BCUT2D eigenvalue weighted by atomic mass is 10.1. The standard InChI is InChI=1S/C16H10F3N3O5/c1-27-15(26)7-3-2-6(4-9(7)16(17,18)19)22-10(23)5-8-11(12(22)20)14(25)21-13(8)24/h2-5H,20H2,1H3,(H,21,24,25). The molecule has 1 aromatic carbocycles. The van der Waals surface area contributed by atoms with Crippen LogP contribution in [-0.2, 0) is 10.9 Å². The number of methoxy groups -OCH3 is 1. The topological polar surface area (TPSA) is 120 Å². The van der Waals surface area contributed by atoms with Gasteiger partial charge in [0.1, 0.15) is 5.82 Å². The lowest BCUT2D eigenvalue weighted by molar-refractivity contribution is -0.138. The van der Waals surface area contributed by atoms with E-state index in [1.165, 1.54) is 0 Å². The second-order valence-corrected chi connectivity index (χ2v) is 5.49. The number of aromatic nitrogens is 1. The molecule has 0 fully saturated rings. The molecule has 0 spiro atoms. The highest BCUT2D eigenvalue weighted by Gasteiger charge is 2.37. The molecule has 2 heterocycles. The Balaban J connectivity index is 2.29. The molecular weight excluding hydrogens is 371 g/mol. The number of anilines is 1. The van der Waals surface area contributed by atoms with Crippen molar-refractivity contribution in [2.75, 3.05) is 12.8 Å². The molecule has 0 unspecified atom stereocenters. The van der Waals surface area contributed by atoms with Gasteiger partial charge in [-0.05, 0) is 18.2 Å². The number of nitrogen functional groups attached to an aromatic ring is 1. The Bertz CT molecular complexity index is 1070. The fourth-order valence-electron chi connectivity index (χ4n) is 2.74. The molecule has 0 saturated carbocycles. The normalized spacial score (nSPS) is 13.3. The Morgan fingerprint density at radius 3 is 2.41 bits per heavy atom. The Kier molecular flexibility index (Phi) is 4.02. The van der Waals surface area contributed by atoms with Crippen LogP contribution in [0.3, 0.4) is 0 Å². The summed E-state index contributed by atoms with van der Waals surface area (Å²) in [6, 6.07) is 3.20. The summed E-state index contributed by atoms with van der Waals surface area (Å²) in [6.45, 7) is 0. The van der Waals surface area contributed by atoms with E-state index in [4.69, 9.17) is 5.73 Å². The van der Waals surface area contributed by atoms with Crippen molar-refractivity contribution in [2.24, 2.45) is 0 Å². The highest BCUT2D eigenvalue weighted by Crippen LogP contribution is 2.34. The molecular formula is C16H10F3N3O5. The van der Waals surface area contributed by atoms with Gasteiger partial charge >= 0.3 is 12.1 Å². The number of amides is 2. The van der Waals surface area contributed by atoms with Crippen molar-refractivity contribution in [2.45, 2.75) is 6.18 Å². The minimum atomic E-state index is -4.93. The van der Waals surface area contributed by atoms with Gasteiger partial charge < -0.3 is 10.5 Å². The number of nitrogens with two attached hydrogens (primary N) is 1. The third-order valence-corrected chi connectivity index (χ3v) is 3.93. The van der Waals surface area contributed by atoms with Gasteiger partial charge in [-0.1, -0.05) is 0 Å². The van der Waals surface area contributed by atoms with Gasteiger partial charge in [-0.25, -0.2) is 4.79 Å². The molecule has 11 heteroatoms. The zero-order valence-corrected chi connectivity index (χ0v) is 13.5. The van der Waals surface area contributed by atoms with E-state index in [-0.39, 0.29) is 16.8 Å². The molecule has 0 saturated heterocycles. The van der Waals surface area contributed by atoms with Crippen molar-refractivity contribution in [1.29, 1.82) is 0 Å². The molecule has 1 aromatic heterocycles. The number of halogens is 3. The number of pyridine rings is 1. The van der Waals surface area contributed by atoms with Gasteiger partial charge in [0.15, 0.2) is 0 Å². The number of fused-ring (bicyclic) bond motifs is 1. The predicted octanol–water partition coefficient (Wildman–Crippen LogP) is 1.11. The van der Waals surface area contributed by atoms with Crippen LogP contribution in [0.25, 0.3) is 5.69 Å². The number of imide groups is 1. The molecule has 140 valence electrons. The van der Waals surface area contributed by atoms with Crippen LogP contribution in [0.15, 0.2) is 29.1 Å². The number of nitrogens with one attached hydrogen (secondary N) is 1. The van der Waals surface area contributed by atoms with Crippen molar-refractivity contribution in [3.8, 4) is 5.69 Å². The van der Waals surface area contributed by atoms with Gasteiger partial charge in [0.2, 0.25) is 0 Å². The van der Waals surface area contributed by atoms with E-state index in [9.17, 15) is 32.3 Å². The van der Waals surface area contributed by atoms with Crippen molar-refractivity contribution in [3.63, 3.8) is 0 Å². The lowest BCUT2D eigenvalue weighted by Gasteiger charge is -2.16. The number of carbonyl (C=O) groups excluding carboxylic acids is 3. The summed E-state index contributed by atoms with van der Waals surface area (Å²) >= 11 is 0. The molecule has 8 nitrogen and oxygen atoms in total. The molecule has 0 atom stereocenters. The van der Waals surface area contributed by atoms with E-state index >= 15 is 0 Å². The molecule has 0 aliphatic carbocycles. The Morgan fingerprint density at radius 1 is 1.15 bits per heavy atom. The van der Waals surface area contributed by atoms with Gasteiger partial charge in [-0.3, -0.25) is 24.3 Å². The van der Waals surface area contributed by atoms with Crippen LogP contribution in [0.1, 0.15) is 36.6 Å². The largest absolute Gasteiger partial charge is 0.465 e. The zero-order valence-electron chi connectivity index (χ0n) is 13.5. The number of hydrogen-bond donors (Lipinski definition) is 2. The fraction of sp³-hybridized carbons (Fsp3) is 0.125. The maximum atomic E-state index is 13.3. The van der Waals surface area contributed by atoms with Crippen molar-refractivity contribution < 1.29 is 32.3 Å². The van der Waals surface area contributed by atoms with Crippen molar-refractivity contribution >= 4 is 23.6 Å². The van der Waals surface area contributed by atoms with Gasteiger partial charge in [0.25, 0.3) is 17.4 Å². The van der Waals surface area contributed by atoms with Gasteiger partial charge in [-0.15, -0.1) is 0 Å². The molecule has 0 radical (unpaired) electrons. The molecule has 1 aliphatic heterocycles. The number of rotatable bonds is 2. The minimum absolute atomic E-state index is 0.263. The van der Waals surface area contributed by atoms with E-state index in [2.05, 4.69) is 4.74 Å². The van der Waals surface area contributed by atoms with E-state index < -0.39 is 46.5 Å². The highest BCUT2D eigenvalue weighted by molar-refractivity contribution is 6.23. The van der Waals surface area contributed by atoms with E-state index in [1.807, 2.05) is 5.32 Å². The minimum Gasteiger partial charge on any atom is -0.465 e. The summed E-state index contributed by atoms with van der Waals surface area (Å²) in [5, 5.41) is 1.94. The number of hydrogen-bond acceptors (Lipinski definition) is 6. The smallest absolute Gasteiger partial charge is 0.417 e. The van der Waals surface area contributed by atoms with Crippen LogP contribution in [0.4, 0.5) is 19.0 Å². The summed E-state index contributed by atoms with van der Waals surface area (Å²) in [5.74, 6) is -3.42. The Hall–Kier alpha value is -3.63. The van der Waals surface area contributed by atoms with Crippen LogP contribution in [0, 0.1) is 0 Å².